The Kier molecular flexibility index (Phi) is 3.70. The first kappa shape index (κ1) is 15.1. The van der Waals surface area contributed by atoms with Crippen LogP contribution in [0.5, 0.6) is 0 Å². The molecule has 3 aromatic rings. The largest absolute Gasteiger partial charge is 0.455 e. The highest BCUT2D eigenvalue weighted by atomic mass is 35.5. The lowest BCUT2D eigenvalue weighted by Gasteiger charge is -2.07. The number of hydrogen-bond donors (Lipinski definition) is 0. The summed E-state index contributed by atoms with van der Waals surface area (Å²) in [6, 6.07) is 13.3. The zero-order valence-corrected chi connectivity index (χ0v) is 12.5. The number of fused-ring (bicyclic) bond motifs is 1. The predicted octanol–water partition coefficient (Wildman–Crippen LogP) is 5.97. The van der Waals surface area contributed by atoms with E-state index in [4.69, 9.17) is 11.6 Å². The molecule has 112 valence electrons. The molecule has 0 fully saturated rings. The zero-order valence-electron chi connectivity index (χ0n) is 10.9. The molecule has 6 heteroatoms. The van der Waals surface area contributed by atoms with E-state index in [1.165, 1.54) is 0 Å². The number of alkyl halides is 3. The summed E-state index contributed by atoms with van der Waals surface area (Å²) in [6.45, 7) is 0. The normalized spacial score (nSPS) is 11.8. The molecule has 0 aliphatic carbocycles. The first-order valence-corrected chi connectivity index (χ1v) is 7.46. The number of halogens is 4. The van der Waals surface area contributed by atoms with Crippen molar-refractivity contribution in [2.45, 2.75) is 6.18 Å². The van der Waals surface area contributed by atoms with Gasteiger partial charge in [0.2, 0.25) is 0 Å². The third-order valence-corrected chi connectivity index (χ3v) is 4.58. The Bertz CT molecular complexity index is 853. The van der Waals surface area contributed by atoms with Crippen LogP contribution in [0.3, 0.4) is 0 Å². The van der Waals surface area contributed by atoms with E-state index in [1.807, 2.05) is 0 Å². The first-order chi connectivity index (χ1) is 10.4. The SMILES string of the molecule is O=C(c1sc2ccc(Cl)cc2c1-c1ccccc1)C(F)(F)F. The lowest BCUT2D eigenvalue weighted by molar-refractivity contribution is -0.0882. The van der Waals surface area contributed by atoms with Crippen molar-refractivity contribution in [1.29, 1.82) is 0 Å². The minimum absolute atomic E-state index is 0.283. The van der Waals surface area contributed by atoms with Gasteiger partial charge in [-0.3, -0.25) is 4.79 Å². The molecule has 0 aliphatic heterocycles. The van der Waals surface area contributed by atoms with Crippen molar-refractivity contribution in [3.05, 3.63) is 58.4 Å². The summed E-state index contributed by atoms with van der Waals surface area (Å²) < 4.78 is 39.2. The molecule has 1 heterocycles. The Morgan fingerprint density at radius 2 is 1.73 bits per heavy atom. The Morgan fingerprint density at radius 3 is 2.36 bits per heavy atom. The fraction of sp³-hybridized carbons (Fsp3) is 0.0625. The third kappa shape index (κ3) is 2.62. The lowest BCUT2D eigenvalue weighted by Crippen LogP contribution is -2.22. The molecule has 2 aromatic carbocycles. The summed E-state index contributed by atoms with van der Waals surface area (Å²) in [6.07, 6.45) is -4.91. The Morgan fingerprint density at radius 1 is 1.05 bits per heavy atom. The van der Waals surface area contributed by atoms with Crippen LogP contribution in [-0.4, -0.2) is 12.0 Å². The van der Waals surface area contributed by atoms with Crippen molar-refractivity contribution >= 4 is 38.8 Å². The molecule has 22 heavy (non-hydrogen) atoms. The summed E-state index contributed by atoms with van der Waals surface area (Å²) >= 11 is 6.79. The number of Topliss-reactive ketones (excluding diaryl/α,β-unsaturated/α-hetero) is 1. The van der Waals surface area contributed by atoms with Crippen LogP contribution in [0.25, 0.3) is 21.2 Å². The molecule has 0 bridgehead atoms. The van der Waals surface area contributed by atoms with Crippen LogP contribution >= 0.6 is 22.9 Å². The number of hydrogen-bond acceptors (Lipinski definition) is 2. The maximum Gasteiger partial charge on any atom is 0.455 e. The van der Waals surface area contributed by atoms with Crippen LogP contribution in [0.2, 0.25) is 5.02 Å². The highest BCUT2D eigenvalue weighted by Gasteiger charge is 2.42. The maximum atomic E-state index is 12.9. The van der Waals surface area contributed by atoms with Gasteiger partial charge in [0.25, 0.3) is 5.78 Å². The number of benzene rings is 2. The van der Waals surface area contributed by atoms with Gasteiger partial charge < -0.3 is 0 Å². The topological polar surface area (TPSA) is 17.1 Å². The van der Waals surface area contributed by atoms with Gasteiger partial charge in [-0.2, -0.15) is 13.2 Å². The van der Waals surface area contributed by atoms with E-state index in [-0.39, 0.29) is 10.4 Å². The Balaban J connectivity index is 2.35. The van der Waals surface area contributed by atoms with Crippen molar-refractivity contribution in [2.24, 2.45) is 0 Å². The molecular formula is C16H8ClF3OS. The van der Waals surface area contributed by atoms with Gasteiger partial charge in [0.15, 0.2) is 0 Å². The minimum atomic E-state index is -4.91. The van der Waals surface area contributed by atoms with Gasteiger partial charge in [0, 0.05) is 20.7 Å². The smallest absolute Gasteiger partial charge is 0.283 e. The molecule has 1 nitrogen and oxygen atoms in total. The third-order valence-electron chi connectivity index (χ3n) is 3.18. The highest BCUT2D eigenvalue weighted by Crippen LogP contribution is 2.42. The van der Waals surface area contributed by atoms with Crippen LogP contribution in [0.15, 0.2) is 48.5 Å². The monoisotopic (exact) mass is 340 g/mol. The summed E-state index contributed by atoms with van der Waals surface area (Å²) in [5.74, 6) is -1.83. The summed E-state index contributed by atoms with van der Waals surface area (Å²) in [7, 11) is 0. The van der Waals surface area contributed by atoms with Gasteiger partial charge in [-0.1, -0.05) is 41.9 Å². The molecule has 0 saturated heterocycles. The van der Waals surface area contributed by atoms with E-state index >= 15 is 0 Å². The van der Waals surface area contributed by atoms with Gasteiger partial charge in [-0.15, -0.1) is 11.3 Å². The number of thiophene rings is 1. The standard InChI is InChI=1S/C16H8ClF3OS/c17-10-6-7-12-11(8-10)13(9-4-2-1-3-5-9)14(22-12)15(21)16(18,19)20/h1-8H. The summed E-state index contributed by atoms with van der Waals surface area (Å²) in [4.78, 5) is 11.5. The molecule has 0 saturated carbocycles. The number of rotatable bonds is 2. The fourth-order valence-corrected chi connectivity index (χ4v) is 3.59. The summed E-state index contributed by atoms with van der Waals surface area (Å²) in [5.41, 5.74) is 0.842. The zero-order chi connectivity index (χ0) is 15.9. The van der Waals surface area contributed by atoms with Crippen molar-refractivity contribution in [1.82, 2.24) is 0 Å². The molecular weight excluding hydrogens is 333 g/mol. The van der Waals surface area contributed by atoms with E-state index in [0.29, 0.717) is 20.7 Å². The minimum Gasteiger partial charge on any atom is -0.283 e. The highest BCUT2D eigenvalue weighted by molar-refractivity contribution is 7.21. The van der Waals surface area contributed by atoms with Gasteiger partial charge in [0.1, 0.15) is 0 Å². The summed E-state index contributed by atoms with van der Waals surface area (Å²) in [5, 5.41) is 0.963. The first-order valence-electron chi connectivity index (χ1n) is 6.27. The Hall–Kier alpha value is -1.85. The quantitative estimate of drug-likeness (QED) is 0.525. The molecule has 1 aromatic heterocycles. The molecule has 0 unspecified atom stereocenters. The van der Waals surface area contributed by atoms with E-state index in [1.54, 1.807) is 48.5 Å². The van der Waals surface area contributed by atoms with Crippen LogP contribution in [0.4, 0.5) is 13.2 Å². The second-order valence-electron chi connectivity index (χ2n) is 4.64. The number of carbonyl (C=O) groups is 1. The van der Waals surface area contributed by atoms with Crippen molar-refractivity contribution in [3.8, 4) is 11.1 Å². The van der Waals surface area contributed by atoms with Crippen LogP contribution in [-0.2, 0) is 0 Å². The van der Waals surface area contributed by atoms with E-state index in [0.717, 1.165) is 11.3 Å². The van der Waals surface area contributed by atoms with Crippen molar-refractivity contribution in [3.63, 3.8) is 0 Å². The van der Waals surface area contributed by atoms with E-state index in [2.05, 4.69) is 0 Å². The van der Waals surface area contributed by atoms with Gasteiger partial charge >= 0.3 is 6.18 Å². The van der Waals surface area contributed by atoms with Crippen LogP contribution in [0, 0.1) is 0 Å². The van der Waals surface area contributed by atoms with Crippen molar-refractivity contribution < 1.29 is 18.0 Å². The van der Waals surface area contributed by atoms with Gasteiger partial charge in [0.05, 0.1) is 4.88 Å². The molecule has 3 rings (SSSR count). The van der Waals surface area contributed by atoms with Crippen LogP contribution < -0.4 is 0 Å². The van der Waals surface area contributed by atoms with Gasteiger partial charge in [-0.05, 0) is 23.8 Å². The molecule has 0 amide bonds. The average Bonchev–Trinajstić information content (AvgIpc) is 2.84. The lowest BCUT2D eigenvalue weighted by atomic mass is 10.0. The molecule has 0 N–H and O–H groups in total. The predicted molar refractivity (Wildman–Crippen MR) is 82.7 cm³/mol. The molecule has 0 atom stereocenters. The van der Waals surface area contributed by atoms with Crippen molar-refractivity contribution in [2.75, 3.05) is 0 Å². The number of carbonyl (C=O) groups excluding carboxylic acids is 1. The second kappa shape index (κ2) is 5.41. The fourth-order valence-electron chi connectivity index (χ4n) is 2.25. The average molecular weight is 341 g/mol. The molecule has 0 radical (unpaired) electrons. The molecule has 0 aliphatic rings. The molecule has 0 spiro atoms. The Labute approximate surface area is 133 Å². The van der Waals surface area contributed by atoms with E-state index in [9.17, 15) is 18.0 Å². The van der Waals surface area contributed by atoms with Crippen LogP contribution in [0.1, 0.15) is 9.67 Å². The van der Waals surface area contributed by atoms with Gasteiger partial charge in [-0.25, -0.2) is 0 Å². The van der Waals surface area contributed by atoms with E-state index < -0.39 is 12.0 Å². The second-order valence-corrected chi connectivity index (χ2v) is 6.13. The number of ketones is 1. The maximum absolute atomic E-state index is 12.9.